The second kappa shape index (κ2) is 3.92. The van der Waals surface area contributed by atoms with Crippen molar-refractivity contribution in [1.29, 1.82) is 0 Å². The summed E-state index contributed by atoms with van der Waals surface area (Å²) >= 11 is 0. The molecule has 2 aromatic rings. The lowest BCUT2D eigenvalue weighted by atomic mass is 10.2. The molecule has 0 radical (unpaired) electrons. The smallest absolute Gasteiger partial charge is 0.360 e. The van der Waals surface area contributed by atoms with E-state index in [9.17, 15) is 0 Å². The molecule has 0 atom stereocenters. The van der Waals surface area contributed by atoms with Crippen LogP contribution in [0.25, 0.3) is 17.0 Å². The molecule has 1 aromatic heterocycles. The molecule has 0 saturated heterocycles. The summed E-state index contributed by atoms with van der Waals surface area (Å²) in [6, 6.07) is 11.8. The van der Waals surface area contributed by atoms with Crippen molar-refractivity contribution in [2.45, 2.75) is 0 Å². The summed E-state index contributed by atoms with van der Waals surface area (Å²) in [6.45, 7) is 0. The zero-order valence-electron chi connectivity index (χ0n) is 7.94. The molecule has 0 aliphatic heterocycles. The van der Waals surface area contributed by atoms with Crippen LogP contribution in [0.5, 0.6) is 0 Å². The Hall–Kier alpha value is -1.83. The molecule has 70 valence electrons. The van der Waals surface area contributed by atoms with E-state index in [4.69, 9.17) is 9.15 Å². The van der Waals surface area contributed by atoms with E-state index in [0.29, 0.717) is 0 Å². The lowest BCUT2D eigenvalue weighted by Crippen LogP contribution is -1.75. The highest BCUT2D eigenvalue weighted by Crippen LogP contribution is 2.16. The van der Waals surface area contributed by atoms with Gasteiger partial charge in [-0.05, 0) is 12.1 Å². The minimum Gasteiger partial charge on any atom is -0.504 e. The molecule has 14 heavy (non-hydrogen) atoms. The molecule has 0 aliphatic carbocycles. The number of hydrogen-bond acceptors (Lipinski definition) is 1. The van der Waals surface area contributed by atoms with Gasteiger partial charge in [-0.15, -0.1) is 0 Å². The summed E-state index contributed by atoms with van der Waals surface area (Å²) in [5.74, 6) is 0.783. The van der Waals surface area contributed by atoms with Crippen molar-refractivity contribution < 1.29 is 9.15 Å². The van der Waals surface area contributed by atoms with Crippen molar-refractivity contribution in [2.24, 2.45) is 0 Å². The summed E-state index contributed by atoms with van der Waals surface area (Å²) < 4.78 is 10.4. The monoisotopic (exact) mass is 187 g/mol. The Bertz CT molecular complexity index is 461. The van der Waals surface area contributed by atoms with E-state index in [1.807, 2.05) is 36.4 Å². The van der Waals surface area contributed by atoms with Crippen LogP contribution in [0.3, 0.4) is 0 Å². The minimum atomic E-state index is 0.783. The number of fused-ring (bicyclic) bond motifs is 1. The standard InChI is InChI=1S/C12H11O2/c1-13-9-8-11-7-6-10-4-2-3-5-12(10)14-11/h2-9H,1H3/q+1. The first-order valence-electron chi connectivity index (χ1n) is 4.41. The third-order valence-electron chi connectivity index (χ3n) is 1.94. The minimum absolute atomic E-state index is 0.783. The first kappa shape index (κ1) is 8.75. The van der Waals surface area contributed by atoms with Crippen LogP contribution in [0.2, 0.25) is 0 Å². The fraction of sp³-hybridized carbons (Fsp3) is 0.0833. The van der Waals surface area contributed by atoms with Gasteiger partial charge in [-0.3, -0.25) is 0 Å². The van der Waals surface area contributed by atoms with E-state index >= 15 is 0 Å². The predicted molar refractivity (Wildman–Crippen MR) is 56.7 cm³/mol. The summed E-state index contributed by atoms with van der Waals surface area (Å²) in [5, 5.41) is 1.10. The molecule has 1 heterocycles. The molecule has 0 N–H and O–H groups in total. The molecule has 0 saturated carbocycles. The maximum absolute atomic E-state index is 5.60. The molecular formula is C12H11O2+. The number of benzene rings is 1. The Morgan fingerprint density at radius 2 is 2.00 bits per heavy atom. The predicted octanol–water partition coefficient (Wildman–Crippen LogP) is 3.33. The van der Waals surface area contributed by atoms with Crippen LogP contribution in [0, 0.1) is 0 Å². The fourth-order valence-electron chi connectivity index (χ4n) is 1.27. The largest absolute Gasteiger partial charge is 0.504 e. The average Bonchev–Trinajstić information content (AvgIpc) is 2.26. The number of methoxy groups -OCH3 is 1. The summed E-state index contributed by atoms with van der Waals surface area (Å²) in [6.07, 6.45) is 3.38. The molecule has 2 nitrogen and oxygen atoms in total. The van der Waals surface area contributed by atoms with Gasteiger partial charge < -0.3 is 4.74 Å². The Balaban J connectivity index is 2.46. The number of para-hydroxylation sites is 1. The number of rotatable bonds is 2. The molecule has 0 unspecified atom stereocenters. The zero-order valence-corrected chi connectivity index (χ0v) is 7.94. The zero-order chi connectivity index (χ0) is 9.80. The van der Waals surface area contributed by atoms with Crippen molar-refractivity contribution in [3.63, 3.8) is 0 Å². The lowest BCUT2D eigenvalue weighted by Gasteiger charge is -1.87. The highest BCUT2D eigenvalue weighted by atomic mass is 16.5. The van der Waals surface area contributed by atoms with Crippen molar-refractivity contribution in [1.82, 2.24) is 0 Å². The van der Waals surface area contributed by atoms with Gasteiger partial charge >= 0.3 is 11.3 Å². The van der Waals surface area contributed by atoms with E-state index in [0.717, 1.165) is 16.7 Å². The first-order chi connectivity index (χ1) is 6.90. The SMILES string of the molecule is COC=Cc1ccc2ccccc2[o+]1. The summed E-state index contributed by atoms with van der Waals surface area (Å²) in [4.78, 5) is 0. The van der Waals surface area contributed by atoms with E-state index in [1.165, 1.54) is 0 Å². The Labute approximate surface area is 82.4 Å². The summed E-state index contributed by atoms with van der Waals surface area (Å²) in [5.41, 5.74) is 0.880. The van der Waals surface area contributed by atoms with Crippen molar-refractivity contribution in [3.8, 4) is 0 Å². The van der Waals surface area contributed by atoms with Crippen molar-refractivity contribution >= 4 is 17.0 Å². The van der Waals surface area contributed by atoms with Crippen LogP contribution in [0.4, 0.5) is 0 Å². The molecule has 0 aliphatic rings. The summed E-state index contributed by atoms with van der Waals surface area (Å²) in [7, 11) is 1.61. The van der Waals surface area contributed by atoms with Crippen LogP contribution in [0.15, 0.2) is 47.1 Å². The third kappa shape index (κ3) is 1.74. The molecule has 2 rings (SSSR count). The normalized spacial score (nSPS) is 10.9. The van der Waals surface area contributed by atoms with Crippen LogP contribution in [0.1, 0.15) is 5.76 Å². The fourth-order valence-corrected chi connectivity index (χ4v) is 1.27. The van der Waals surface area contributed by atoms with Gasteiger partial charge in [0.25, 0.3) is 0 Å². The highest BCUT2D eigenvalue weighted by Gasteiger charge is 2.07. The van der Waals surface area contributed by atoms with Gasteiger partial charge in [-0.25, -0.2) is 4.42 Å². The van der Waals surface area contributed by atoms with Crippen LogP contribution in [-0.2, 0) is 4.74 Å². The van der Waals surface area contributed by atoms with Gasteiger partial charge in [0, 0.05) is 12.1 Å². The van der Waals surface area contributed by atoms with Crippen LogP contribution < -0.4 is 0 Å². The molecule has 1 aromatic carbocycles. The lowest BCUT2D eigenvalue weighted by molar-refractivity contribution is 0.340. The van der Waals surface area contributed by atoms with Crippen molar-refractivity contribution in [2.75, 3.05) is 7.11 Å². The van der Waals surface area contributed by atoms with Gasteiger partial charge in [0.05, 0.1) is 24.8 Å². The van der Waals surface area contributed by atoms with E-state index < -0.39 is 0 Å². The first-order valence-corrected chi connectivity index (χ1v) is 4.41. The quantitative estimate of drug-likeness (QED) is 0.531. The second-order valence-electron chi connectivity index (χ2n) is 2.91. The molecule has 0 spiro atoms. The average molecular weight is 187 g/mol. The second-order valence-corrected chi connectivity index (χ2v) is 2.91. The van der Waals surface area contributed by atoms with Gasteiger partial charge in [-0.2, -0.15) is 0 Å². The maximum Gasteiger partial charge on any atom is 0.360 e. The maximum atomic E-state index is 5.60. The Morgan fingerprint density at radius 3 is 2.86 bits per heavy atom. The molecule has 2 heteroatoms. The van der Waals surface area contributed by atoms with E-state index in [2.05, 4.69) is 0 Å². The highest BCUT2D eigenvalue weighted by molar-refractivity contribution is 5.76. The van der Waals surface area contributed by atoms with Gasteiger partial charge in [0.15, 0.2) is 0 Å². The third-order valence-corrected chi connectivity index (χ3v) is 1.94. The molecular weight excluding hydrogens is 176 g/mol. The Morgan fingerprint density at radius 1 is 1.14 bits per heavy atom. The van der Waals surface area contributed by atoms with Crippen LogP contribution in [-0.4, -0.2) is 7.11 Å². The van der Waals surface area contributed by atoms with Gasteiger partial charge in [-0.1, -0.05) is 12.1 Å². The van der Waals surface area contributed by atoms with E-state index in [-0.39, 0.29) is 0 Å². The van der Waals surface area contributed by atoms with Gasteiger partial charge in [0.2, 0.25) is 0 Å². The molecule has 0 amide bonds. The molecule has 0 bridgehead atoms. The topological polar surface area (TPSA) is 20.5 Å². The van der Waals surface area contributed by atoms with E-state index in [1.54, 1.807) is 19.4 Å². The number of ether oxygens (including phenoxy) is 1. The van der Waals surface area contributed by atoms with Gasteiger partial charge in [0.1, 0.15) is 0 Å². The number of hydrogen-bond donors (Lipinski definition) is 0. The van der Waals surface area contributed by atoms with Crippen molar-refractivity contribution in [3.05, 3.63) is 48.4 Å². The van der Waals surface area contributed by atoms with Crippen LogP contribution >= 0.6 is 0 Å². The molecule has 0 fully saturated rings. The Kier molecular flexibility index (Phi) is 2.45.